The quantitative estimate of drug-likeness (QED) is 0.223. The zero-order chi connectivity index (χ0) is 27.1. The molecule has 0 bridgehead atoms. The van der Waals surface area contributed by atoms with Gasteiger partial charge in [-0.25, -0.2) is 0 Å². The van der Waals surface area contributed by atoms with E-state index in [1.54, 1.807) is 0 Å². The SMILES string of the molecule is N#Cc1ccc2c3cc(-n4c5ccccc5c5ccccc54)ccc3n(-c3cccc4c3Cc3ccccc3-4)c2c1. The average Bonchev–Trinajstić information content (AvgIpc) is 3.68. The first-order valence-electron chi connectivity index (χ1n) is 14.0. The van der Waals surface area contributed by atoms with E-state index < -0.39 is 0 Å². The summed E-state index contributed by atoms with van der Waals surface area (Å²) in [6.07, 6.45) is 0.903. The summed E-state index contributed by atoms with van der Waals surface area (Å²) in [5.74, 6) is 0. The van der Waals surface area contributed by atoms with Gasteiger partial charge in [-0.05, 0) is 70.8 Å². The molecule has 3 heteroatoms. The minimum Gasteiger partial charge on any atom is -0.309 e. The number of rotatable bonds is 2. The Morgan fingerprint density at radius 2 is 1.20 bits per heavy atom. The maximum atomic E-state index is 9.81. The van der Waals surface area contributed by atoms with Crippen molar-refractivity contribution in [1.82, 2.24) is 9.13 Å². The number of para-hydroxylation sites is 2. The lowest BCUT2D eigenvalue weighted by molar-refractivity contribution is 1.12. The Morgan fingerprint density at radius 1 is 0.512 bits per heavy atom. The third kappa shape index (κ3) is 3.02. The van der Waals surface area contributed by atoms with Gasteiger partial charge in [-0.3, -0.25) is 0 Å². The highest BCUT2D eigenvalue weighted by molar-refractivity contribution is 6.12. The lowest BCUT2D eigenvalue weighted by Crippen LogP contribution is -1.99. The monoisotopic (exact) mass is 521 g/mol. The summed E-state index contributed by atoms with van der Waals surface area (Å²) in [6, 6.07) is 47.8. The molecule has 9 rings (SSSR count). The zero-order valence-electron chi connectivity index (χ0n) is 22.2. The Bertz CT molecular complexity index is 2360. The Hall–Kier alpha value is -5.59. The second kappa shape index (κ2) is 8.21. The summed E-state index contributed by atoms with van der Waals surface area (Å²) < 4.78 is 4.74. The van der Waals surface area contributed by atoms with Crippen LogP contribution in [0.3, 0.4) is 0 Å². The van der Waals surface area contributed by atoms with E-state index in [1.807, 2.05) is 12.1 Å². The van der Waals surface area contributed by atoms with Gasteiger partial charge in [0.25, 0.3) is 0 Å². The first-order chi connectivity index (χ1) is 20.3. The second-order valence-electron chi connectivity index (χ2n) is 10.9. The molecule has 0 spiro atoms. The van der Waals surface area contributed by atoms with Crippen LogP contribution in [-0.2, 0) is 6.42 Å². The Kier molecular flexibility index (Phi) is 4.45. The first kappa shape index (κ1) is 22.2. The predicted molar refractivity (Wildman–Crippen MR) is 168 cm³/mol. The lowest BCUT2D eigenvalue weighted by Gasteiger charge is -2.14. The van der Waals surface area contributed by atoms with E-state index in [2.05, 4.69) is 130 Å². The van der Waals surface area contributed by atoms with Crippen molar-refractivity contribution < 1.29 is 0 Å². The standard InChI is InChI=1S/C38H23N3/c39-23-24-16-18-31-33-22-26(40-34-13-5-3-10-29(34)30-11-4-6-14-35(30)40)17-19-37(33)41(38(31)20-24)36-15-7-12-28-27-9-2-1-8-25(27)21-32(28)36/h1-20,22H,21H2. The van der Waals surface area contributed by atoms with Gasteiger partial charge in [-0.15, -0.1) is 0 Å². The highest BCUT2D eigenvalue weighted by atomic mass is 15.0. The highest BCUT2D eigenvalue weighted by Gasteiger charge is 2.24. The third-order valence-electron chi connectivity index (χ3n) is 8.78. The Balaban J connectivity index is 1.36. The third-order valence-corrected chi connectivity index (χ3v) is 8.78. The van der Waals surface area contributed by atoms with Crippen molar-refractivity contribution in [2.75, 3.05) is 0 Å². The number of benzene rings is 6. The van der Waals surface area contributed by atoms with Crippen LogP contribution in [0.2, 0.25) is 0 Å². The fraction of sp³-hybridized carbons (Fsp3) is 0.0263. The van der Waals surface area contributed by atoms with Gasteiger partial charge in [0, 0.05) is 33.7 Å². The Morgan fingerprint density at radius 3 is 2.00 bits per heavy atom. The van der Waals surface area contributed by atoms with Gasteiger partial charge in [0.15, 0.2) is 0 Å². The topological polar surface area (TPSA) is 33.6 Å². The molecule has 190 valence electrons. The van der Waals surface area contributed by atoms with Crippen molar-refractivity contribution in [3.63, 3.8) is 0 Å². The molecule has 2 heterocycles. The molecule has 0 unspecified atom stereocenters. The van der Waals surface area contributed by atoms with Gasteiger partial charge in [0.2, 0.25) is 0 Å². The number of aromatic nitrogens is 2. The molecule has 0 atom stereocenters. The maximum absolute atomic E-state index is 9.81. The van der Waals surface area contributed by atoms with Crippen molar-refractivity contribution >= 4 is 43.6 Å². The first-order valence-corrected chi connectivity index (χ1v) is 14.0. The minimum atomic E-state index is 0.667. The molecule has 8 aromatic rings. The number of hydrogen-bond acceptors (Lipinski definition) is 1. The fourth-order valence-corrected chi connectivity index (χ4v) is 7.03. The van der Waals surface area contributed by atoms with Gasteiger partial charge >= 0.3 is 0 Å². The molecule has 0 amide bonds. The van der Waals surface area contributed by atoms with E-state index in [-0.39, 0.29) is 0 Å². The van der Waals surface area contributed by atoms with Crippen molar-refractivity contribution in [3.05, 3.63) is 144 Å². The summed E-state index contributed by atoms with van der Waals surface area (Å²) in [6.45, 7) is 0. The maximum Gasteiger partial charge on any atom is 0.0992 e. The van der Waals surface area contributed by atoms with E-state index in [1.165, 1.54) is 55.1 Å². The van der Waals surface area contributed by atoms with E-state index in [0.717, 1.165) is 28.5 Å². The van der Waals surface area contributed by atoms with Crippen LogP contribution in [0.5, 0.6) is 0 Å². The molecular weight excluding hydrogens is 498 g/mol. The van der Waals surface area contributed by atoms with Crippen LogP contribution in [0.25, 0.3) is 66.1 Å². The van der Waals surface area contributed by atoms with Crippen LogP contribution in [0.1, 0.15) is 16.7 Å². The van der Waals surface area contributed by atoms with Crippen molar-refractivity contribution in [2.24, 2.45) is 0 Å². The highest BCUT2D eigenvalue weighted by Crippen LogP contribution is 2.43. The van der Waals surface area contributed by atoms with Crippen LogP contribution in [0, 0.1) is 11.3 Å². The molecule has 3 nitrogen and oxygen atoms in total. The minimum absolute atomic E-state index is 0.667. The molecule has 1 aliphatic rings. The summed E-state index contributed by atoms with van der Waals surface area (Å²) >= 11 is 0. The second-order valence-corrected chi connectivity index (χ2v) is 10.9. The lowest BCUT2D eigenvalue weighted by atomic mass is 10.0. The molecule has 0 saturated carbocycles. The van der Waals surface area contributed by atoms with Gasteiger partial charge in [0.1, 0.15) is 0 Å². The van der Waals surface area contributed by atoms with Crippen LogP contribution in [0.15, 0.2) is 127 Å². The van der Waals surface area contributed by atoms with E-state index in [9.17, 15) is 5.26 Å². The molecule has 0 aliphatic heterocycles. The fourth-order valence-electron chi connectivity index (χ4n) is 7.03. The number of hydrogen-bond donors (Lipinski definition) is 0. The largest absolute Gasteiger partial charge is 0.309 e. The van der Waals surface area contributed by atoms with Crippen LogP contribution < -0.4 is 0 Å². The number of nitriles is 1. The molecule has 2 aromatic heterocycles. The zero-order valence-corrected chi connectivity index (χ0v) is 22.2. The molecule has 0 fully saturated rings. The van der Waals surface area contributed by atoms with Gasteiger partial charge in [-0.2, -0.15) is 5.26 Å². The van der Waals surface area contributed by atoms with Gasteiger partial charge < -0.3 is 9.13 Å². The number of fused-ring (bicyclic) bond motifs is 9. The molecule has 0 radical (unpaired) electrons. The van der Waals surface area contributed by atoms with E-state index >= 15 is 0 Å². The summed E-state index contributed by atoms with van der Waals surface area (Å²) in [7, 11) is 0. The van der Waals surface area contributed by atoms with Gasteiger partial charge in [-0.1, -0.05) is 78.9 Å². The summed E-state index contributed by atoms with van der Waals surface area (Å²) in [5.41, 5.74) is 12.9. The molecule has 1 aliphatic carbocycles. The molecule has 0 saturated heterocycles. The average molecular weight is 522 g/mol. The number of nitrogens with zero attached hydrogens (tertiary/aromatic N) is 3. The normalized spacial score (nSPS) is 12.3. The van der Waals surface area contributed by atoms with Crippen LogP contribution in [-0.4, -0.2) is 9.13 Å². The van der Waals surface area contributed by atoms with Crippen molar-refractivity contribution in [3.8, 4) is 28.6 Å². The van der Waals surface area contributed by atoms with E-state index in [0.29, 0.717) is 5.56 Å². The molecule has 6 aromatic carbocycles. The van der Waals surface area contributed by atoms with E-state index in [4.69, 9.17) is 0 Å². The Labute approximate surface area is 236 Å². The smallest absolute Gasteiger partial charge is 0.0992 e. The van der Waals surface area contributed by atoms with Gasteiger partial charge in [0.05, 0.1) is 39.4 Å². The molecule has 41 heavy (non-hydrogen) atoms. The van der Waals surface area contributed by atoms with Crippen LogP contribution in [0.4, 0.5) is 0 Å². The predicted octanol–water partition coefficient (Wildman–Crippen LogP) is 9.32. The van der Waals surface area contributed by atoms with Crippen LogP contribution >= 0.6 is 0 Å². The van der Waals surface area contributed by atoms with Crippen molar-refractivity contribution in [1.29, 1.82) is 5.26 Å². The van der Waals surface area contributed by atoms with Crippen molar-refractivity contribution in [2.45, 2.75) is 6.42 Å². The molecule has 0 N–H and O–H groups in total. The molecular formula is C38H23N3. The summed E-state index contributed by atoms with van der Waals surface area (Å²) in [5, 5.41) is 14.6. The summed E-state index contributed by atoms with van der Waals surface area (Å²) in [4.78, 5) is 0.